The van der Waals surface area contributed by atoms with Crippen LogP contribution in [0.4, 0.5) is 8.78 Å². The fourth-order valence-corrected chi connectivity index (χ4v) is 3.80. The van der Waals surface area contributed by atoms with Crippen LogP contribution in [-0.2, 0) is 28.9 Å². The van der Waals surface area contributed by atoms with E-state index in [4.69, 9.17) is 9.47 Å². The van der Waals surface area contributed by atoms with Gasteiger partial charge in [-0.05, 0) is 64.0 Å². The number of ether oxygens (including phenoxy) is 2. The molecular weight excluding hydrogens is 442 g/mol. The van der Waals surface area contributed by atoms with Gasteiger partial charge in [0, 0.05) is 29.8 Å². The minimum atomic E-state index is -0.920. The van der Waals surface area contributed by atoms with Crippen LogP contribution in [0, 0.1) is 11.6 Å². The molecule has 8 heteroatoms. The maximum atomic E-state index is 14.2. The second-order valence-corrected chi connectivity index (χ2v) is 8.29. The van der Waals surface area contributed by atoms with Crippen LogP contribution >= 0.6 is 0 Å². The Labute approximate surface area is 197 Å². The third-order valence-electron chi connectivity index (χ3n) is 5.46. The summed E-state index contributed by atoms with van der Waals surface area (Å²) in [5.74, 6) is -1.70. The molecule has 182 valence electrons. The molecule has 0 spiro atoms. The van der Waals surface area contributed by atoms with Crippen LogP contribution in [-0.4, -0.2) is 49.3 Å². The maximum absolute atomic E-state index is 14.2. The van der Waals surface area contributed by atoms with E-state index in [0.29, 0.717) is 29.0 Å². The van der Waals surface area contributed by atoms with E-state index in [0.717, 1.165) is 19.0 Å². The lowest BCUT2D eigenvalue weighted by molar-refractivity contribution is -0.143. The third kappa shape index (κ3) is 6.41. The van der Waals surface area contributed by atoms with Crippen molar-refractivity contribution in [3.63, 3.8) is 0 Å². The van der Waals surface area contributed by atoms with E-state index in [2.05, 4.69) is 4.90 Å². The molecule has 0 N–H and O–H groups in total. The van der Waals surface area contributed by atoms with Crippen molar-refractivity contribution >= 4 is 16.9 Å². The number of pyridine rings is 1. The van der Waals surface area contributed by atoms with Gasteiger partial charge in [-0.2, -0.15) is 0 Å². The number of hydrogen-bond donors (Lipinski definition) is 0. The van der Waals surface area contributed by atoms with Crippen molar-refractivity contribution in [1.29, 1.82) is 0 Å². The van der Waals surface area contributed by atoms with Gasteiger partial charge in [0.2, 0.25) is 0 Å². The van der Waals surface area contributed by atoms with E-state index in [1.807, 2.05) is 14.1 Å². The first-order chi connectivity index (χ1) is 16.3. The van der Waals surface area contributed by atoms with E-state index < -0.39 is 17.6 Å². The summed E-state index contributed by atoms with van der Waals surface area (Å²) < 4.78 is 40.5. The van der Waals surface area contributed by atoms with Gasteiger partial charge in [0.25, 0.3) is 0 Å². The number of nitrogens with zero attached hydrogens (tertiary/aromatic N) is 2. The fourth-order valence-electron chi connectivity index (χ4n) is 3.80. The number of aromatic nitrogens is 1. The number of hydrogen-bond acceptors (Lipinski definition) is 5. The average molecular weight is 473 g/mol. The van der Waals surface area contributed by atoms with Crippen LogP contribution in [0.5, 0.6) is 5.75 Å². The lowest BCUT2D eigenvalue weighted by atomic mass is 10.0. The number of carbonyl (C=O) groups is 1. The van der Waals surface area contributed by atoms with Crippen molar-refractivity contribution in [3.8, 4) is 5.75 Å². The normalized spacial score (nSPS) is 11.2. The summed E-state index contributed by atoms with van der Waals surface area (Å²) in [7, 11) is 3.97. The molecule has 3 rings (SSSR count). The summed E-state index contributed by atoms with van der Waals surface area (Å²) in [6, 6.07) is 10.6. The molecule has 0 unspecified atom stereocenters. The predicted octanol–water partition coefficient (Wildman–Crippen LogP) is 3.96. The first-order valence-corrected chi connectivity index (χ1v) is 11.3. The first kappa shape index (κ1) is 25.4. The van der Waals surface area contributed by atoms with E-state index in [-0.39, 0.29) is 37.0 Å². The van der Waals surface area contributed by atoms with Crippen LogP contribution in [0.15, 0.2) is 47.3 Å². The number of halogens is 2. The van der Waals surface area contributed by atoms with Crippen LogP contribution in [0.25, 0.3) is 10.9 Å². The summed E-state index contributed by atoms with van der Waals surface area (Å²) in [4.78, 5) is 27.3. The Balaban J connectivity index is 1.97. The molecule has 1 aromatic heterocycles. The van der Waals surface area contributed by atoms with E-state index >= 15 is 0 Å². The maximum Gasteiger partial charge on any atom is 0.325 e. The molecule has 0 radical (unpaired) electrons. The van der Waals surface area contributed by atoms with Crippen molar-refractivity contribution in [2.45, 2.75) is 32.7 Å². The summed E-state index contributed by atoms with van der Waals surface area (Å²) in [6.45, 7) is 3.21. The number of aryl methyl sites for hydroxylation is 2. The predicted molar refractivity (Wildman–Crippen MR) is 127 cm³/mol. The van der Waals surface area contributed by atoms with Gasteiger partial charge in [-0.25, -0.2) is 8.78 Å². The van der Waals surface area contributed by atoms with Crippen LogP contribution < -0.4 is 10.2 Å². The molecular formula is C26H30F2N2O4. The summed E-state index contributed by atoms with van der Waals surface area (Å²) in [6.07, 6.45) is 1.23. The second kappa shape index (κ2) is 11.7. The quantitative estimate of drug-likeness (QED) is 0.312. The van der Waals surface area contributed by atoms with Gasteiger partial charge in [0.15, 0.2) is 17.1 Å². The van der Waals surface area contributed by atoms with Crippen molar-refractivity contribution in [1.82, 2.24) is 9.47 Å². The molecule has 0 aliphatic rings. The minimum Gasteiger partial charge on any atom is -0.493 e. The largest absolute Gasteiger partial charge is 0.493 e. The van der Waals surface area contributed by atoms with Crippen molar-refractivity contribution in [2.24, 2.45) is 0 Å². The van der Waals surface area contributed by atoms with Gasteiger partial charge in [-0.3, -0.25) is 9.59 Å². The summed E-state index contributed by atoms with van der Waals surface area (Å²) in [5.41, 5.74) is 1.04. The Kier molecular flexibility index (Phi) is 8.76. The molecule has 3 aromatic rings. The van der Waals surface area contributed by atoms with E-state index in [1.165, 1.54) is 18.2 Å². The van der Waals surface area contributed by atoms with Gasteiger partial charge < -0.3 is 18.9 Å². The molecule has 0 bridgehead atoms. The first-order valence-electron chi connectivity index (χ1n) is 11.3. The lowest BCUT2D eigenvalue weighted by Gasteiger charge is -2.18. The van der Waals surface area contributed by atoms with Crippen LogP contribution in [0.3, 0.4) is 0 Å². The summed E-state index contributed by atoms with van der Waals surface area (Å²) >= 11 is 0. The highest BCUT2D eigenvalue weighted by Gasteiger charge is 2.16. The van der Waals surface area contributed by atoms with Gasteiger partial charge in [-0.1, -0.05) is 12.1 Å². The molecule has 0 fully saturated rings. The Morgan fingerprint density at radius 2 is 1.88 bits per heavy atom. The molecule has 0 aliphatic carbocycles. The van der Waals surface area contributed by atoms with Crippen molar-refractivity contribution in [3.05, 3.63) is 75.6 Å². The van der Waals surface area contributed by atoms with Gasteiger partial charge >= 0.3 is 5.97 Å². The molecule has 2 aromatic carbocycles. The zero-order valence-corrected chi connectivity index (χ0v) is 19.8. The lowest BCUT2D eigenvalue weighted by Crippen LogP contribution is -2.21. The average Bonchev–Trinajstić information content (AvgIpc) is 2.80. The Bertz CT molecular complexity index is 1210. The molecule has 0 saturated carbocycles. The highest BCUT2D eigenvalue weighted by molar-refractivity contribution is 5.82. The van der Waals surface area contributed by atoms with Crippen LogP contribution in [0.2, 0.25) is 0 Å². The zero-order chi connectivity index (χ0) is 24.7. The van der Waals surface area contributed by atoms with Crippen molar-refractivity contribution in [2.75, 3.05) is 33.9 Å². The van der Waals surface area contributed by atoms with E-state index in [1.54, 1.807) is 29.7 Å². The smallest absolute Gasteiger partial charge is 0.325 e. The number of esters is 1. The number of rotatable bonds is 11. The third-order valence-corrected chi connectivity index (χ3v) is 5.46. The van der Waals surface area contributed by atoms with Gasteiger partial charge in [0.05, 0.1) is 18.7 Å². The molecule has 34 heavy (non-hydrogen) atoms. The summed E-state index contributed by atoms with van der Waals surface area (Å²) in [5, 5.41) is 0.436. The van der Waals surface area contributed by atoms with Crippen LogP contribution in [0.1, 0.15) is 24.6 Å². The fraction of sp³-hybridized carbons (Fsp3) is 0.385. The number of carbonyl (C=O) groups excluding carboxylic acids is 1. The van der Waals surface area contributed by atoms with E-state index in [9.17, 15) is 18.4 Å². The molecule has 0 saturated heterocycles. The Morgan fingerprint density at radius 1 is 1.09 bits per heavy atom. The highest BCUT2D eigenvalue weighted by atomic mass is 19.2. The second-order valence-electron chi connectivity index (χ2n) is 8.29. The monoisotopic (exact) mass is 472 g/mol. The highest BCUT2D eigenvalue weighted by Crippen LogP contribution is 2.22. The number of fused-ring (bicyclic) bond motifs is 1. The minimum absolute atomic E-state index is 0.115. The molecule has 0 aliphatic heterocycles. The topological polar surface area (TPSA) is 60.8 Å². The van der Waals surface area contributed by atoms with Gasteiger partial charge in [-0.15, -0.1) is 0 Å². The molecule has 0 atom stereocenters. The molecule has 1 heterocycles. The Morgan fingerprint density at radius 3 is 2.62 bits per heavy atom. The zero-order valence-electron chi connectivity index (χ0n) is 19.8. The Hall–Kier alpha value is -3.26. The number of benzene rings is 2. The molecule has 6 nitrogen and oxygen atoms in total. The standard InChI is InChI=1S/C26H30F2N2O4/c1-4-33-25(32)17-30-19(10-9-18-7-5-8-22(27)26(18)28)15-24(31)21-12-11-20(16-23(21)30)34-14-6-13-29(2)3/h5,7-8,11-12,15-16H,4,6,9-10,13-14,17H2,1-3H3. The van der Waals surface area contributed by atoms with Crippen molar-refractivity contribution < 1.29 is 23.0 Å². The molecule has 0 amide bonds. The van der Waals surface area contributed by atoms with Gasteiger partial charge in [0.1, 0.15) is 12.3 Å². The SMILES string of the molecule is CCOC(=O)Cn1c(CCc2cccc(F)c2F)cc(=O)c2ccc(OCCCN(C)C)cc21.